The van der Waals surface area contributed by atoms with E-state index in [1.807, 2.05) is 31.2 Å². The fourth-order valence-corrected chi connectivity index (χ4v) is 2.23. The van der Waals surface area contributed by atoms with Gasteiger partial charge in [0.15, 0.2) is 0 Å². The highest BCUT2D eigenvalue weighted by Crippen LogP contribution is 2.21. The summed E-state index contributed by atoms with van der Waals surface area (Å²) in [6.45, 7) is 2.37. The Morgan fingerprint density at radius 3 is 2.77 bits per heavy atom. The van der Waals surface area contributed by atoms with E-state index < -0.39 is 5.97 Å². The van der Waals surface area contributed by atoms with Crippen LogP contribution in [0.5, 0.6) is 0 Å². The first-order chi connectivity index (χ1) is 9.97. The summed E-state index contributed by atoms with van der Waals surface area (Å²) in [5.41, 5.74) is 8.57. The number of halogens is 2. The highest BCUT2D eigenvalue weighted by atomic mass is 79.9. The molecule has 0 spiro atoms. The van der Waals surface area contributed by atoms with Gasteiger partial charge in [-0.25, -0.2) is 0 Å². The Labute approximate surface area is 144 Å². The molecule has 0 bridgehead atoms. The van der Waals surface area contributed by atoms with Crippen molar-refractivity contribution in [1.82, 2.24) is 5.10 Å². The van der Waals surface area contributed by atoms with E-state index >= 15 is 0 Å². The van der Waals surface area contributed by atoms with Crippen LogP contribution in [0.1, 0.15) is 18.4 Å². The van der Waals surface area contributed by atoms with Crippen molar-refractivity contribution in [3.63, 3.8) is 0 Å². The first-order valence-electron chi connectivity index (χ1n) is 6.62. The molecule has 7 heteroatoms. The molecule has 0 saturated heterocycles. The van der Waals surface area contributed by atoms with Gasteiger partial charge in [-0.1, -0.05) is 28.8 Å². The summed E-state index contributed by atoms with van der Waals surface area (Å²) in [6.07, 6.45) is 0.574. The van der Waals surface area contributed by atoms with Crippen LogP contribution < -0.4 is 27.4 Å². The number of hydrogen-bond donors (Lipinski definition) is 2. The topological polar surface area (TPSA) is 80.1 Å². The largest absolute Gasteiger partial charge is 1.00 e. The lowest BCUT2D eigenvalue weighted by atomic mass is 10.1. The average molecular weight is 387 g/mol. The van der Waals surface area contributed by atoms with E-state index in [1.165, 1.54) is 0 Å². The van der Waals surface area contributed by atoms with Crippen LogP contribution >= 0.6 is 11.6 Å². The summed E-state index contributed by atoms with van der Waals surface area (Å²) in [5.74, 6) is -0.275. The van der Waals surface area contributed by atoms with Crippen molar-refractivity contribution in [2.45, 2.75) is 26.3 Å². The zero-order valence-corrected chi connectivity index (χ0v) is 14.4. The number of nitrogens with zero attached hydrogens (tertiary/aromatic N) is 2. The van der Waals surface area contributed by atoms with Crippen LogP contribution in [0.3, 0.4) is 0 Å². The monoisotopic (exact) mass is 385 g/mol. The molecule has 1 aromatic carbocycles. The maximum absolute atomic E-state index is 10.6. The molecule has 2 aromatic rings. The number of nitrogens with two attached hydrogens (primary N) is 1. The Hall–Kier alpha value is -1.66. The molecule has 1 heterocycles. The van der Waals surface area contributed by atoms with E-state index in [9.17, 15) is 4.79 Å². The lowest BCUT2D eigenvalue weighted by Gasteiger charge is -2.07. The van der Waals surface area contributed by atoms with Gasteiger partial charge in [0.1, 0.15) is 12.2 Å². The number of anilines is 1. The molecule has 0 amide bonds. The number of nitrogen functional groups attached to an aromatic ring is 1. The van der Waals surface area contributed by atoms with Gasteiger partial charge in [-0.3, -0.25) is 10.5 Å². The number of carboxylic acids is 1. The molecule has 5 nitrogen and oxygen atoms in total. The van der Waals surface area contributed by atoms with Crippen molar-refractivity contribution >= 4 is 23.4 Å². The van der Waals surface area contributed by atoms with Crippen molar-refractivity contribution in [2.24, 2.45) is 0 Å². The van der Waals surface area contributed by atoms with Crippen molar-refractivity contribution in [3.05, 3.63) is 40.9 Å². The van der Waals surface area contributed by atoms with Gasteiger partial charge in [-0.2, -0.15) is 0 Å². The van der Waals surface area contributed by atoms with E-state index in [0.717, 1.165) is 16.8 Å². The van der Waals surface area contributed by atoms with Crippen molar-refractivity contribution in [2.75, 3.05) is 5.73 Å². The zero-order chi connectivity index (χ0) is 15.4. The van der Waals surface area contributed by atoms with Gasteiger partial charge in [-0.15, -0.1) is 4.68 Å². The summed E-state index contributed by atoms with van der Waals surface area (Å²) < 4.78 is 1.65. The first-order valence-corrected chi connectivity index (χ1v) is 7.00. The van der Waals surface area contributed by atoms with E-state index in [2.05, 4.69) is 5.10 Å². The number of hydrogen-bond acceptors (Lipinski definition) is 3. The quantitative estimate of drug-likeness (QED) is 0.676. The average Bonchev–Trinajstić information content (AvgIpc) is 2.43. The van der Waals surface area contributed by atoms with Crippen molar-refractivity contribution in [3.8, 4) is 11.3 Å². The summed E-state index contributed by atoms with van der Waals surface area (Å²) in [5, 5.41) is 13.8. The van der Waals surface area contributed by atoms with Gasteiger partial charge in [0.05, 0.1) is 0 Å². The van der Waals surface area contributed by atoms with Crippen LogP contribution in [-0.2, 0) is 11.3 Å². The number of aliphatic carboxylic acids is 1. The number of carbonyl (C=O) groups is 1. The fraction of sp³-hybridized carbons (Fsp3) is 0.267. The summed E-state index contributed by atoms with van der Waals surface area (Å²) in [6, 6.07) is 9.32. The Morgan fingerprint density at radius 2 is 2.14 bits per heavy atom. The molecular weight excluding hydrogens is 370 g/mol. The van der Waals surface area contributed by atoms with Gasteiger partial charge in [0.2, 0.25) is 0 Å². The maximum atomic E-state index is 10.6. The summed E-state index contributed by atoms with van der Waals surface area (Å²) >= 11 is 6.00. The normalized spacial score (nSPS) is 10.1. The second-order valence-electron chi connectivity index (χ2n) is 4.83. The molecule has 0 unspecified atom stereocenters. The molecule has 0 aliphatic rings. The summed E-state index contributed by atoms with van der Waals surface area (Å²) in [4.78, 5) is 10.6. The third-order valence-corrected chi connectivity index (χ3v) is 3.38. The Balaban J connectivity index is 0.00000242. The molecule has 1 aromatic heterocycles. The third-order valence-electron chi connectivity index (χ3n) is 3.14. The van der Waals surface area contributed by atoms with E-state index in [-0.39, 0.29) is 23.4 Å². The first kappa shape index (κ1) is 18.4. The standard InChI is InChI=1S/C15H16ClN3O2.BrH/c1-10-8-13(11-4-2-5-12(16)9-11)18-19(15(10)17)7-3-6-14(20)21;/h2,4-5,8-9,17H,3,6-7H2,1H3,(H,20,21);1H. The smallest absolute Gasteiger partial charge is 0.303 e. The lowest BCUT2D eigenvalue weighted by Crippen LogP contribution is -3.00. The second kappa shape index (κ2) is 8.10. The highest BCUT2D eigenvalue weighted by Gasteiger charge is 2.14. The van der Waals surface area contributed by atoms with Gasteiger partial charge in [-0.05, 0) is 31.5 Å². The Kier molecular flexibility index (Phi) is 6.77. The molecule has 0 atom stereocenters. The number of aromatic nitrogens is 2. The van der Waals surface area contributed by atoms with Crippen molar-refractivity contribution < 1.29 is 31.6 Å². The van der Waals surface area contributed by atoms with Crippen LogP contribution in [0.2, 0.25) is 5.02 Å². The maximum Gasteiger partial charge on any atom is 0.303 e. The predicted octanol–water partition coefficient (Wildman–Crippen LogP) is -0.551. The number of benzene rings is 1. The molecule has 0 radical (unpaired) electrons. The van der Waals surface area contributed by atoms with Crippen LogP contribution in [0.4, 0.5) is 5.82 Å². The zero-order valence-electron chi connectivity index (χ0n) is 12.1. The predicted molar refractivity (Wildman–Crippen MR) is 80.9 cm³/mol. The minimum absolute atomic E-state index is 0. The van der Waals surface area contributed by atoms with Gasteiger partial charge >= 0.3 is 5.97 Å². The van der Waals surface area contributed by atoms with Crippen LogP contribution in [-0.4, -0.2) is 16.2 Å². The van der Waals surface area contributed by atoms with Gasteiger partial charge < -0.3 is 22.1 Å². The molecule has 0 fully saturated rings. The molecule has 22 heavy (non-hydrogen) atoms. The number of rotatable bonds is 5. The fourth-order valence-electron chi connectivity index (χ4n) is 2.03. The second-order valence-corrected chi connectivity index (χ2v) is 5.27. The van der Waals surface area contributed by atoms with Gasteiger partial charge in [0, 0.05) is 22.6 Å². The van der Waals surface area contributed by atoms with Gasteiger partial charge in [0.25, 0.3) is 5.82 Å². The molecule has 0 saturated carbocycles. The lowest BCUT2D eigenvalue weighted by molar-refractivity contribution is -0.740. The van der Waals surface area contributed by atoms with Crippen LogP contribution in [0.15, 0.2) is 30.3 Å². The third kappa shape index (κ3) is 4.68. The molecular formula is C15H17BrClN3O2. The number of aryl methyl sites for hydroxylation is 2. The highest BCUT2D eigenvalue weighted by molar-refractivity contribution is 6.30. The van der Waals surface area contributed by atoms with E-state index in [4.69, 9.17) is 22.4 Å². The van der Waals surface area contributed by atoms with Crippen LogP contribution in [0, 0.1) is 6.92 Å². The molecule has 0 aliphatic heterocycles. The summed E-state index contributed by atoms with van der Waals surface area (Å²) in [7, 11) is 0. The molecule has 0 aliphatic carbocycles. The van der Waals surface area contributed by atoms with Crippen molar-refractivity contribution in [1.29, 1.82) is 0 Å². The Morgan fingerprint density at radius 1 is 1.41 bits per heavy atom. The molecule has 118 valence electrons. The number of carboxylic acid groups (broad SMARTS) is 1. The Bertz CT molecular complexity index is 680. The van der Waals surface area contributed by atoms with E-state index in [0.29, 0.717) is 23.8 Å². The minimum atomic E-state index is -0.822. The SMILES string of the molecule is Cc1cc(-c2cccc(Cl)c2)n[n+](CCCC(=O)O)c1N.[Br-]. The molecule has 2 rings (SSSR count). The van der Waals surface area contributed by atoms with E-state index in [1.54, 1.807) is 10.7 Å². The minimum Gasteiger partial charge on any atom is -1.00 e. The van der Waals surface area contributed by atoms with Crippen LogP contribution in [0.25, 0.3) is 11.3 Å². The molecule has 3 N–H and O–H groups in total.